The lowest BCUT2D eigenvalue weighted by Gasteiger charge is -2.38. The van der Waals surface area contributed by atoms with Crippen molar-refractivity contribution in [3.63, 3.8) is 0 Å². The van der Waals surface area contributed by atoms with Crippen molar-refractivity contribution in [1.29, 1.82) is 0 Å². The summed E-state index contributed by atoms with van der Waals surface area (Å²) < 4.78 is 4.86. The van der Waals surface area contributed by atoms with Gasteiger partial charge in [-0.25, -0.2) is 0 Å². The Morgan fingerprint density at radius 1 is 1.39 bits per heavy atom. The Balaban J connectivity index is 2.65. The van der Waals surface area contributed by atoms with E-state index in [2.05, 4.69) is 43.5 Å². The maximum atomic E-state index is 12.2. The van der Waals surface area contributed by atoms with E-state index >= 15 is 0 Å². The monoisotopic (exact) mass is 325 g/mol. The summed E-state index contributed by atoms with van der Waals surface area (Å²) in [5, 5.41) is 19.2. The average Bonchev–Trinajstić information content (AvgIpc) is 3.05. The van der Waals surface area contributed by atoms with E-state index < -0.39 is 0 Å². The number of carbonyl (C=O) groups is 1. The molecule has 0 aliphatic heterocycles. The van der Waals surface area contributed by atoms with Gasteiger partial charge < -0.3 is 20.3 Å². The standard InChI is InChI=1S/C17H31N3O3/c1-5-8-9-18-13(4)17(6-2,7-3)12-19-16(22)15-10-14(11-21)23-20-15/h10,13,18,21H,5-9,11-12H2,1-4H3,(H,19,22). The number of hydrogen-bond acceptors (Lipinski definition) is 5. The Morgan fingerprint density at radius 3 is 2.61 bits per heavy atom. The highest BCUT2D eigenvalue weighted by atomic mass is 16.5. The minimum absolute atomic E-state index is 0.00689. The number of aliphatic hydroxyl groups is 1. The summed E-state index contributed by atoms with van der Waals surface area (Å²) in [6.07, 6.45) is 4.28. The normalized spacial score (nSPS) is 13.1. The van der Waals surface area contributed by atoms with Crippen molar-refractivity contribution in [3.05, 3.63) is 17.5 Å². The highest BCUT2D eigenvalue weighted by molar-refractivity contribution is 5.92. The SMILES string of the molecule is CCCCNC(C)C(CC)(CC)CNC(=O)c1cc(CO)on1. The van der Waals surface area contributed by atoms with Crippen LogP contribution in [-0.2, 0) is 6.61 Å². The molecule has 0 radical (unpaired) electrons. The van der Waals surface area contributed by atoms with Gasteiger partial charge in [-0.1, -0.05) is 32.3 Å². The first-order chi connectivity index (χ1) is 11.0. The number of nitrogens with one attached hydrogen (secondary N) is 2. The third-order valence-electron chi connectivity index (χ3n) is 4.86. The van der Waals surface area contributed by atoms with Gasteiger partial charge in [0.2, 0.25) is 0 Å². The van der Waals surface area contributed by atoms with Crippen LogP contribution in [0.2, 0.25) is 0 Å². The number of aromatic nitrogens is 1. The summed E-state index contributed by atoms with van der Waals surface area (Å²) in [6.45, 7) is 10.0. The summed E-state index contributed by atoms with van der Waals surface area (Å²) in [7, 11) is 0. The molecule has 132 valence electrons. The molecule has 0 fully saturated rings. The minimum atomic E-state index is -0.263. The van der Waals surface area contributed by atoms with Gasteiger partial charge in [0.1, 0.15) is 6.61 Å². The molecular weight excluding hydrogens is 294 g/mol. The number of rotatable bonds is 11. The van der Waals surface area contributed by atoms with Crippen LogP contribution in [0.5, 0.6) is 0 Å². The fourth-order valence-corrected chi connectivity index (χ4v) is 2.82. The lowest BCUT2D eigenvalue weighted by Crippen LogP contribution is -2.49. The predicted octanol–water partition coefficient (Wildman–Crippen LogP) is 2.48. The van der Waals surface area contributed by atoms with Crippen molar-refractivity contribution < 1.29 is 14.4 Å². The Kier molecular flexibility index (Phi) is 8.26. The van der Waals surface area contributed by atoms with Gasteiger partial charge in [0.15, 0.2) is 11.5 Å². The van der Waals surface area contributed by atoms with Crippen LogP contribution in [0.1, 0.15) is 69.6 Å². The number of hydrogen-bond donors (Lipinski definition) is 3. The molecule has 0 bridgehead atoms. The van der Waals surface area contributed by atoms with E-state index in [9.17, 15) is 4.79 Å². The Hall–Kier alpha value is -1.40. The molecule has 0 spiro atoms. The molecule has 0 aliphatic carbocycles. The molecule has 23 heavy (non-hydrogen) atoms. The second kappa shape index (κ2) is 9.67. The summed E-state index contributed by atoms with van der Waals surface area (Å²) in [6, 6.07) is 1.78. The van der Waals surface area contributed by atoms with Crippen molar-refractivity contribution >= 4 is 5.91 Å². The third kappa shape index (κ3) is 5.32. The molecule has 6 heteroatoms. The quantitative estimate of drug-likeness (QED) is 0.544. The Bertz CT molecular complexity index is 469. The zero-order valence-corrected chi connectivity index (χ0v) is 14.8. The van der Waals surface area contributed by atoms with Gasteiger partial charge in [-0.3, -0.25) is 4.79 Å². The van der Waals surface area contributed by atoms with Crippen molar-refractivity contribution in [2.75, 3.05) is 13.1 Å². The topological polar surface area (TPSA) is 87.4 Å². The molecule has 1 aromatic heterocycles. The summed E-state index contributed by atoms with van der Waals surface area (Å²) in [5.74, 6) is 0.0301. The third-order valence-corrected chi connectivity index (χ3v) is 4.86. The fraction of sp³-hybridized carbons (Fsp3) is 0.765. The van der Waals surface area contributed by atoms with Gasteiger partial charge in [0.25, 0.3) is 5.91 Å². The molecule has 0 saturated carbocycles. The number of carbonyl (C=O) groups excluding carboxylic acids is 1. The maximum absolute atomic E-state index is 12.2. The van der Waals surface area contributed by atoms with E-state index in [0.717, 1.165) is 25.8 Å². The minimum Gasteiger partial charge on any atom is -0.388 e. The lowest BCUT2D eigenvalue weighted by molar-refractivity contribution is 0.0897. The van der Waals surface area contributed by atoms with Crippen molar-refractivity contribution in [3.8, 4) is 0 Å². The first kappa shape index (κ1) is 19.6. The van der Waals surface area contributed by atoms with E-state index in [1.54, 1.807) is 0 Å². The van der Waals surface area contributed by atoms with Crippen LogP contribution in [0.4, 0.5) is 0 Å². The molecule has 0 aromatic carbocycles. The maximum Gasteiger partial charge on any atom is 0.273 e. The summed E-state index contributed by atoms with van der Waals surface area (Å²) in [4.78, 5) is 12.2. The largest absolute Gasteiger partial charge is 0.388 e. The first-order valence-corrected chi connectivity index (χ1v) is 8.61. The molecule has 1 amide bonds. The second-order valence-electron chi connectivity index (χ2n) is 6.12. The Labute approximate surface area is 139 Å². The van der Waals surface area contributed by atoms with Gasteiger partial charge in [-0.05, 0) is 32.7 Å². The second-order valence-corrected chi connectivity index (χ2v) is 6.12. The number of aliphatic hydroxyl groups excluding tert-OH is 1. The number of amides is 1. The molecule has 1 heterocycles. The van der Waals surface area contributed by atoms with Gasteiger partial charge >= 0.3 is 0 Å². The highest BCUT2D eigenvalue weighted by Gasteiger charge is 2.33. The van der Waals surface area contributed by atoms with Crippen LogP contribution in [0.25, 0.3) is 0 Å². The Morgan fingerprint density at radius 2 is 2.09 bits per heavy atom. The highest BCUT2D eigenvalue weighted by Crippen LogP contribution is 2.30. The summed E-state index contributed by atoms with van der Waals surface area (Å²) >= 11 is 0. The fourth-order valence-electron chi connectivity index (χ4n) is 2.82. The van der Waals surface area contributed by atoms with Crippen LogP contribution in [0, 0.1) is 5.41 Å². The van der Waals surface area contributed by atoms with E-state index in [-0.39, 0.29) is 23.6 Å². The van der Waals surface area contributed by atoms with Gasteiger partial charge in [0.05, 0.1) is 0 Å². The van der Waals surface area contributed by atoms with Crippen LogP contribution in [-0.4, -0.2) is 35.3 Å². The van der Waals surface area contributed by atoms with Crippen LogP contribution in [0.3, 0.4) is 0 Å². The lowest BCUT2D eigenvalue weighted by atomic mass is 9.76. The molecule has 3 N–H and O–H groups in total. The molecule has 1 aromatic rings. The van der Waals surface area contributed by atoms with Gasteiger partial charge in [0, 0.05) is 24.1 Å². The molecule has 1 rings (SSSR count). The van der Waals surface area contributed by atoms with Crippen molar-refractivity contribution in [2.24, 2.45) is 5.41 Å². The summed E-state index contributed by atoms with van der Waals surface area (Å²) in [5.41, 5.74) is 0.217. The van der Waals surface area contributed by atoms with Crippen LogP contribution < -0.4 is 10.6 Å². The zero-order valence-electron chi connectivity index (χ0n) is 14.8. The zero-order chi connectivity index (χ0) is 17.3. The smallest absolute Gasteiger partial charge is 0.273 e. The molecule has 1 unspecified atom stereocenters. The molecule has 1 atom stereocenters. The van der Waals surface area contributed by atoms with E-state index in [4.69, 9.17) is 9.63 Å². The van der Waals surface area contributed by atoms with E-state index in [1.807, 2.05) is 0 Å². The van der Waals surface area contributed by atoms with E-state index in [0.29, 0.717) is 18.3 Å². The van der Waals surface area contributed by atoms with Gasteiger partial charge in [-0.2, -0.15) is 0 Å². The molecule has 0 aliphatic rings. The van der Waals surface area contributed by atoms with Crippen molar-refractivity contribution in [2.45, 2.75) is 66.0 Å². The molecule has 6 nitrogen and oxygen atoms in total. The average molecular weight is 325 g/mol. The first-order valence-electron chi connectivity index (χ1n) is 8.61. The number of nitrogens with zero attached hydrogens (tertiary/aromatic N) is 1. The van der Waals surface area contributed by atoms with E-state index in [1.165, 1.54) is 12.5 Å². The van der Waals surface area contributed by atoms with Crippen LogP contribution in [0.15, 0.2) is 10.6 Å². The number of unbranched alkanes of at least 4 members (excludes halogenated alkanes) is 1. The van der Waals surface area contributed by atoms with Crippen molar-refractivity contribution in [1.82, 2.24) is 15.8 Å². The molecular formula is C17H31N3O3. The molecule has 0 saturated heterocycles. The van der Waals surface area contributed by atoms with Crippen LogP contribution >= 0.6 is 0 Å². The van der Waals surface area contributed by atoms with Gasteiger partial charge in [-0.15, -0.1) is 0 Å². The predicted molar refractivity (Wildman–Crippen MR) is 90.1 cm³/mol.